The van der Waals surface area contributed by atoms with Crippen molar-refractivity contribution in [1.82, 2.24) is 15.2 Å². The maximum Gasteiger partial charge on any atom is 0.409 e. The molecule has 1 aliphatic rings. The van der Waals surface area contributed by atoms with Gasteiger partial charge in [-0.1, -0.05) is 18.2 Å². The average Bonchev–Trinajstić information content (AvgIpc) is 2.73. The number of benzene rings is 1. The third-order valence-corrected chi connectivity index (χ3v) is 4.55. The van der Waals surface area contributed by atoms with Gasteiger partial charge in [0.25, 0.3) is 5.91 Å². The minimum Gasteiger partial charge on any atom is -0.450 e. The number of halogens is 1. The third-order valence-electron chi connectivity index (χ3n) is 4.55. The zero-order valence-electron chi connectivity index (χ0n) is 15.7. The first-order chi connectivity index (χ1) is 13.6. The fourth-order valence-corrected chi connectivity index (χ4v) is 3.01. The summed E-state index contributed by atoms with van der Waals surface area (Å²) in [5.41, 5.74) is 1.64. The lowest BCUT2D eigenvalue weighted by Crippen LogP contribution is -2.49. The standard InChI is InChI=1S/C20H23FN4O3/c1-2-28-20(27)25-9-7-24(8-10-25)17-11-16(12-22-14-17)19(26)23-13-15-5-3-4-6-18(15)21/h3-6,11-12,14H,2,7-10,13H2,1H3,(H,23,26). The molecule has 1 fully saturated rings. The summed E-state index contributed by atoms with van der Waals surface area (Å²) in [5.74, 6) is -0.670. The van der Waals surface area contributed by atoms with Gasteiger partial charge in [0.05, 0.1) is 24.1 Å². The zero-order chi connectivity index (χ0) is 19.9. The van der Waals surface area contributed by atoms with Gasteiger partial charge >= 0.3 is 6.09 Å². The van der Waals surface area contributed by atoms with E-state index in [1.54, 1.807) is 42.3 Å². The molecule has 0 saturated carbocycles. The molecule has 1 aromatic heterocycles. The average molecular weight is 386 g/mol. The predicted octanol–water partition coefficient (Wildman–Crippen LogP) is 2.43. The van der Waals surface area contributed by atoms with E-state index in [2.05, 4.69) is 15.2 Å². The number of ether oxygens (including phenoxy) is 1. The van der Waals surface area contributed by atoms with Gasteiger partial charge in [0.15, 0.2) is 0 Å². The van der Waals surface area contributed by atoms with E-state index in [4.69, 9.17) is 4.74 Å². The highest BCUT2D eigenvalue weighted by Crippen LogP contribution is 2.17. The smallest absolute Gasteiger partial charge is 0.409 e. The van der Waals surface area contributed by atoms with Crippen molar-refractivity contribution in [3.63, 3.8) is 0 Å². The SMILES string of the molecule is CCOC(=O)N1CCN(c2cncc(C(=O)NCc3ccccc3F)c2)CC1. The molecule has 2 heterocycles. The van der Waals surface area contributed by atoms with Gasteiger partial charge in [-0.2, -0.15) is 0 Å². The summed E-state index contributed by atoms with van der Waals surface area (Å²) in [7, 11) is 0. The number of nitrogens with one attached hydrogen (secondary N) is 1. The lowest BCUT2D eigenvalue weighted by molar-refractivity contribution is 0.0950. The normalized spacial score (nSPS) is 13.9. The van der Waals surface area contributed by atoms with Crippen LogP contribution in [0.3, 0.4) is 0 Å². The maximum atomic E-state index is 13.7. The molecule has 0 spiro atoms. The van der Waals surface area contributed by atoms with Crippen molar-refractivity contribution in [3.05, 3.63) is 59.7 Å². The number of hydrogen-bond donors (Lipinski definition) is 1. The van der Waals surface area contributed by atoms with Crippen molar-refractivity contribution < 1.29 is 18.7 Å². The number of amides is 2. The first-order valence-corrected chi connectivity index (χ1v) is 9.21. The Balaban J connectivity index is 1.59. The van der Waals surface area contributed by atoms with E-state index in [9.17, 15) is 14.0 Å². The molecule has 1 saturated heterocycles. The topological polar surface area (TPSA) is 74.8 Å². The lowest BCUT2D eigenvalue weighted by Gasteiger charge is -2.35. The molecule has 0 atom stereocenters. The summed E-state index contributed by atoms with van der Waals surface area (Å²) in [6.07, 6.45) is 2.87. The number of pyridine rings is 1. The Hall–Kier alpha value is -3.16. The van der Waals surface area contributed by atoms with Crippen LogP contribution in [0.2, 0.25) is 0 Å². The molecule has 0 bridgehead atoms. The second-order valence-electron chi connectivity index (χ2n) is 6.38. The van der Waals surface area contributed by atoms with E-state index in [-0.39, 0.29) is 24.4 Å². The van der Waals surface area contributed by atoms with Gasteiger partial charge < -0.3 is 19.9 Å². The number of piperazine rings is 1. The van der Waals surface area contributed by atoms with E-state index < -0.39 is 0 Å². The van der Waals surface area contributed by atoms with Crippen molar-refractivity contribution in [2.24, 2.45) is 0 Å². The molecule has 7 nitrogen and oxygen atoms in total. The van der Waals surface area contributed by atoms with Crippen molar-refractivity contribution in [2.75, 3.05) is 37.7 Å². The molecule has 0 unspecified atom stereocenters. The number of anilines is 1. The van der Waals surface area contributed by atoms with Gasteiger partial charge in [-0.3, -0.25) is 9.78 Å². The van der Waals surface area contributed by atoms with Crippen LogP contribution in [0.4, 0.5) is 14.9 Å². The van der Waals surface area contributed by atoms with Crippen molar-refractivity contribution >= 4 is 17.7 Å². The lowest BCUT2D eigenvalue weighted by atomic mass is 10.2. The van der Waals surface area contributed by atoms with E-state index in [0.29, 0.717) is 43.9 Å². The van der Waals surface area contributed by atoms with Crippen LogP contribution >= 0.6 is 0 Å². The van der Waals surface area contributed by atoms with Crippen LogP contribution < -0.4 is 10.2 Å². The molecule has 148 valence electrons. The Morgan fingerprint density at radius 1 is 1.18 bits per heavy atom. The molecule has 28 heavy (non-hydrogen) atoms. The van der Waals surface area contributed by atoms with E-state index in [1.165, 1.54) is 12.3 Å². The zero-order valence-corrected chi connectivity index (χ0v) is 15.7. The first-order valence-electron chi connectivity index (χ1n) is 9.21. The molecular weight excluding hydrogens is 363 g/mol. The molecule has 8 heteroatoms. The third kappa shape index (κ3) is 4.76. The Labute approximate surface area is 163 Å². The van der Waals surface area contributed by atoms with Gasteiger partial charge in [-0.05, 0) is 19.1 Å². The van der Waals surface area contributed by atoms with E-state index >= 15 is 0 Å². The van der Waals surface area contributed by atoms with Gasteiger partial charge in [-0.15, -0.1) is 0 Å². The van der Waals surface area contributed by atoms with Gasteiger partial charge in [0.2, 0.25) is 0 Å². The number of carbonyl (C=O) groups excluding carboxylic acids is 2. The predicted molar refractivity (Wildman–Crippen MR) is 103 cm³/mol. The monoisotopic (exact) mass is 386 g/mol. The molecule has 1 aliphatic heterocycles. The number of nitrogens with zero attached hydrogens (tertiary/aromatic N) is 3. The quantitative estimate of drug-likeness (QED) is 0.854. The minimum atomic E-state index is -0.353. The molecule has 0 aliphatic carbocycles. The number of aromatic nitrogens is 1. The first kappa shape index (κ1) is 19.6. The highest BCUT2D eigenvalue weighted by molar-refractivity contribution is 5.94. The number of hydrogen-bond acceptors (Lipinski definition) is 5. The summed E-state index contributed by atoms with van der Waals surface area (Å²) in [5, 5.41) is 2.72. The van der Waals surface area contributed by atoms with Gasteiger partial charge in [-0.25, -0.2) is 9.18 Å². The molecule has 3 rings (SSSR count). The van der Waals surface area contributed by atoms with Crippen molar-refractivity contribution in [2.45, 2.75) is 13.5 Å². The summed E-state index contributed by atoms with van der Waals surface area (Å²) in [6, 6.07) is 8.08. The van der Waals surface area contributed by atoms with Crippen LogP contribution in [0.15, 0.2) is 42.7 Å². The van der Waals surface area contributed by atoms with Crippen LogP contribution in [0.1, 0.15) is 22.8 Å². The summed E-state index contributed by atoms with van der Waals surface area (Å²) < 4.78 is 18.7. The second-order valence-corrected chi connectivity index (χ2v) is 6.38. The largest absolute Gasteiger partial charge is 0.450 e. The Bertz CT molecular complexity index is 838. The number of rotatable bonds is 5. The van der Waals surface area contributed by atoms with E-state index in [1.807, 2.05) is 0 Å². The Morgan fingerprint density at radius 3 is 2.64 bits per heavy atom. The highest BCUT2D eigenvalue weighted by atomic mass is 19.1. The van der Waals surface area contributed by atoms with Crippen LogP contribution in [0, 0.1) is 5.82 Å². The molecule has 0 radical (unpaired) electrons. The van der Waals surface area contributed by atoms with Crippen molar-refractivity contribution in [3.8, 4) is 0 Å². The maximum absolute atomic E-state index is 13.7. The fraction of sp³-hybridized carbons (Fsp3) is 0.350. The highest BCUT2D eigenvalue weighted by Gasteiger charge is 2.22. The van der Waals surface area contributed by atoms with Crippen LogP contribution in [-0.2, 0) is 11.3 Å². The molecule has 2 aromatic rings. The molecule has 1 N–H and O–H groups in total. The molecular formula is C20H23FN4O3. The molecule has 2 amide bonds. The van der Waals surface area contributed by atoms with Crippen molar-refractivity contribution in [1.29, 1.82) is 0 Å². The Morgan fingerprint density at radius 2 is 1.93 bits per heavy atom. The second kappa shape index (κ2) is 9.16. The van der Waals surface area contributed by atoms with Gasteiger partial charge in [0.1, 0.15) is 5.82 Å². The summed E-state index contributed by atoms with van der Waals surface area (Å²) in [4.78, 5) is 32.1. The summed E-state index contributed by atoms with van der Waals surface area (Å²) >= 11 is 0. The van der Waals surface area contributed by atoms with Gasteiger partial charge in [0, 0.05) is 44.5 Å². The van der Waals surface area contributed by atoms with Crippen LogP contribution in [-0.4, -0.2) is 54.7 Å². The fourth-order valence-electron chi connectivity index (χ4n) is 3.01. The molecule has 1 aromatic carbocycles. The Kier molecular flexibility index (Phi) is 6.41. The van der Waals surface area contributed by atoms with E-state index in [0.717, 1.165) is 5.69 Å². The minimum absolute atomic E-state index is 0.105. The van der Waals surface area contributed by atoms with Crippen LogP contribution in [0.25, 0.3) is 0 Å². The summed E-state index contributed by atoms with van der Waals surface area (Å²) in [6.45, 7) is 4.58. The van der Waals surface area contributed by atoms with Crippen LogP contribution in [0.5, 0.6) is 0 Å². The number of carbonyl (C=O) groups is 2.